The van der Waals surface area contributed by atoms with Crippen LogP contribution < -0.4 is 0 Å². The number of fused-ring (bicyclic) bond motifs is 4. The van der Waals surface area contributed by atoms with Crippen LogP contribution in [0.25, 0.3) is 11.3 Å². The van der Waals surface area contributed by atoms with E-state index in [4.69, 9.17) is 0 Å². The molecule has 110 valence electrons. The minimum atomic E-state index is -0.609. The first-order valence-electron chi connectivity index (χ1n) is 7.51. The van der Waals surface area contributed by atoms with Crippen molar-refractivity contribution in [3.05, 3.63) is 54.5 Å². The van der Waals surface area contributed by atoms with Gasteiger partial charge >= 0.3 is 0 Å². The van der Waals surface area contributed by atoms with E-state index in [1.807, 2.05) is 23.2 Å². The minimum absolute atomic E-state index is 0.0771. The van der Waals surface area contributed by atoms with Crippen LogP contribution in [0.4, 0.5) is 0 Å². The van der Waals surface area contributed by atoms with Crippen molar-refractivity contribution in [2.45, 2.75) is 25.1 Å². The highest BCUT2D eigenvalue weighted by Crippen LogP contribution is 2.48. The lowest BCUT2D eigenvalue weighted by Crippen LogP contribution is -2.31. The Morgan fingerprint density at radius 2 is 2.09 bits per heavy atom. The number of benzene rings is 1. The topological polar surface area (TPSA) is 68.8 Å². The van der Waals surface area contributed by atoms with Gasteiger partial charge in [-0.2, -0.15) is 0 Å². The van der Waals surface area contributed by atoms with E-state index in [-0.39, 0.29) is 12.0 Å². The van der Waals surface area contributed by atoms with Crippen LogP contribution in [-0.2, 0) is 6.54 Å². The molecule has 0 saturated carbocycles. The molecule has 2 aliphatic heterocycles. The summed E-state index contributed by atoms with van der Waals surface area (Å²) < 4.78 is 4.13. The van der Waals surface area contributed by atoms with E-state index < -0.39 is 6.10 Å². The molecule has 0 aliphatic carbocycles. The lowest BCUT2D eigenvalue weighted by atomic mass is 9.84. The number of hydrogen-bond acceptors (Lipinski definition) is 4. The Kier molecular flexibility index (Phi) is 2.35. The Bertz CT molecular complexity index is 852. The van der Waals surface area contributed by atoms with E-state index in [0.29, 0.717) is 5.82 Å². The molecule has 3 atom stereocenters. The second-order valence-electron chi connectivity index (χ2n) is 6.00. The standard InChI is InChI=1S/C16H15N5O/c22-15-12(5-6-20-9-18-19-16(15)20)14-11-4-2-1-3-10(11)13-7-17-8-21(13)14/h1-4,7-9,12,14-15,22H,5-6H2/t12?,14-,15?/m0/s1. The Labute approximate surface area is 127 Å². The lowest BCUT2D eigenvalue weighted by molar-refractivity contribution is 0.0512. The van der Waals surface area contributed by atoms with Crippen molar-refractivity contribution in [1.29, 1.82) is 0 Å². The molecule has 2 unspecified atom stereocenters. The zero-order valence-corrected chi connectivity index (χ0v) is 11.9. The number of aromatic nitrogens is 5. The monoisotopic (exact) mass is 293 g/mol. The van der Waals surface area contributed by atoms with Gasteiger partial charge in [-0.3, -0.25) is 0 Å². The van der Waals surface area contributed by atoms with E-state index in [9.17, 15) is 5.11 Å². The first-order valence-corrected chi connectivity index (χ1v) is 7.51. The number of rotatable bonds is 1. The molecular weight excluding hydrogens is 278 g/mol. The van der Waals surface area contributed by atoms with Crippen LogP contribution >= 0.6 is 0 Å². The van der Waals surface area contributed by atoms with Gasteiger partial charge in [-0.1, -0.05) is 24.3 Å². The van der Waals surface area contributed by atoms with E-state index in [0.717, 1.165) is 18.7 Å². The maximum Gasteiger partial charge on any atom is 0.162 e. The van der Waals surface area contributed by atoms with Gasteiger partial charge in [0.2, 0.25) is 0 Å². The molecule has 0 radical (unpaired) electrons. The van der Waals surface area contributed by atoms with Gasteiger partial charge in [0.1, 0.15) is 12.4 Å². The molecule has 0 saturated heterocycles. The van der Waals surface area contributed by atoms with E-state index in [2.05, 4.69) is 37.9 Å². The molecule has 0 fully saturated rings. The molecule has 5 rings (SSSR count). The number of hydrogen-bond donors (Lipinski definition) is 1. The van der Waals surface area contributed by atoms with Crippen molar-refractivity contribution in [1.82, 2.24) is 24.3 Å². The van der Waals surface area contributed by atoms with Crippen molar-refractivity contribution in [2.75, 3.05) is 0 Å². The maximum absolute atomic E-state index is 10.8. The van der Waals surface area contributed by atoms with E-state index >= 15 is 0 Å². The number of aliphatic hydroxyl groups excluding tert-OH is 1. The van der Waals surface area contributed by atoms with Crippen molar-refractivity contribution < 1.29 is 5.11 Å². The normalized spacial score (nSPS) is 25.6. The van der Waals surface area contributed by atoms with Crippen LogP contribution in [0.1, 0.15) is 30.0 Å². The summed E-state index contributed by atoms with van der Waals surface area (Å²) in [7, 11) is 0. The molecule has 1 N–H and O–H groups in total. The van der Waals surface area contributed by atoms with Gasteiger partial charge in [0, 0.05) is 18.0 Å². The third-order valence-corrected chi connectivity index (χ3v) is 4.95. The molecule has 0 spiro atoms. The molecular formula is C16H15N5O. The van der Waals surface area contributed by atoms with Crippen LogP contribution in [0, 0.1) is 5.92 Å². The van der Waals surface area contributed by atoms with Crippen molar-refractivity contribution in [2.24, 2.45) is 5.92 Å². The average Bonchev–Trinajstić information content (AvgIpc) is 3.23. The van der Waals surface area contributed by atoms with Crippen molar-refractivity contribution >= 4 is 0 Å². The second kappa shape index (κ2) is 4.27. The first kappa shape index (κ1) is 12.1. The number of imidazole rings is 1. The van der Waals surface area contributed by atoms with Crippen LogP contribution in [-0.4, -0.2) is 29.4 Å². The van der Waals surface area contributed by atoms with E-state index in [1.165, 1.54) is 11.1 Å². The summed E-state index contributed by atoms with van der Waals surface area (Å²) in [6.45, 7) is 0.840. The number of nitrogens with zero attached hydrogens (tertiary/aromatic N) is 5. The quantitative estimate of drug-likeness (QED) is 0.743. The van der Waals surface area contributed by atoms with E-state index in [1.54, 1.807) is 6.33 Å². The van der Waals surface area contributed by atoms with Gasteiger partial charge < -0.3 is 14.2 Å². The number of aliphatic hydroxyl groups is 1. The van der Waals surface area contributed by atoms with Gasteiger partial charge in [-0.25, -0.2) is 4.98 Å². The van der Waals surface area contributed by atoms with Crippen LogP contribution in [0.2, 0.25) is 0 Å². The zero-order valence-electron chi connectivity index (χ0n) is 11.9. The molecule has 0 amide bonds. The molecule has 1 aromatic carbocycles. The van der Waals surface area contributed by atoms with Gasteiger partial charge in [0.15, 0.2) is 5.82 Å². The highest BCUT2D eigenvalue weighted by Gasteiger charge is 2.41. The second-order valence-corrected chi connectivity index (χ2v) is 6.00. The summed E-state index contributed by atoms with van der Waals surface area (Å²) in [6.07, 6.45) is 5.74. The summed E-state index contributed by atoms with van der Waals surface area (Å²) in [5.74, 6) is 0.746. The Morgan fingerprint density at radius 3 is 3.05 bits per heavy atom. The van der Waals surface area contributed by atoms with Crippen LogP contribution in [0.3, 0.4) is 0 Å². The largest absolute Gasteiger partial charge is 0.385 e. The van der Waals surface area contributed by atoms with Crippen LogP contribution in [0.15, 0.2) is 43.1 Å². The minimum Gasteiger partial charge on any atom is -0.385 e. The molecule has 6 nitrogen and oxygen atoms in total. The zero-order chi connectivity index (χ0) is 14.7. The third-order valence-electron chi connectivity index (χ3n) is 4.95. The van der Waals surface area contributed by atoms with Gasteiger partial charge in [0.25, 0.3) is 0 Å². The Balaban J connectivity index is 1.65. The number of aryl methyl sites for hydroxylation is 1. The molecule has 0 bridgehead atoms. The molecule has 2 aromatic heterocycles. The van der Waals surface area contributed by atoms with Gasteiger partial charge in [0.05, 0.1) is 24.3 Å². The third kappa shape index (κ3) is 1.45. The molecule has 22 heavy (non-hydrogen) atoms. The SMILES string of the molecule is OC1c2nncn2CCC1[C@@H]1c2ccccc2-c2cncn21. The highest BCUT2D eigenvalue weighted by molar-refractivity contribution is 5.69. The summed E-state index contributed by atoms with van der Waals surface area (Å²) >= 11 is 0. The van der Waals surface area contributed by atoms with Gasteiger partial charge in [-0.15, -0.1) is 10.2 Å². The summed E-state index contributed by atoms with van der Waals surface area (Å²) in [6, 6.07) is 8.49. The smallest absolute Gasteiger partial charge is 0.162 e. The highest BCUT2D eigenvalue weighted by atomic mass is 16.3. The van der Waals surface area contributed by atoms with Crippen LogP contribution in [0.5, 0.6) is 0 Å². The fraction of sp³-hybridized carbons (Fsp3) is 0.312. The Morgan fingerprint density at radius 1 is 1.18 bits per heavy atom. The molecule has 4 heterocycles. The molecule has 2 aliphatic rings. The van der Waals surface area contributed by atoms with Gasteiger partial charge in [-0.05, 0) is 12.0 Å². The maximum atomic E-state index is 10.8. The summed E-state index contributed by atoms with van der Waals surface area (Å²) in [5, 5.41) is 18.8. The fourth-order valence-electron chi connectivity index (χ4n) is 3.94. The summed E-state index contributed by atoms with van der Waals surface area (Å²) in [4.78, 5) is 4.30. The predicted octanol–water partition coefficient (Wildman–Crippen LogP) is 1.80. The van der Waals surface area contributed by atoms with Crippen molar-refractivity contribution in [3.63, 3.8) is 0 Å². The molecule has 6 heteroatoms. The summed E-state index contributed by atoms with van der Waals surface area (Å²) in [5.41, 5.74) is 3.60. The predicted molar refractivity (Wildman–Crippen MR) is 78.9 cm³/mol. The lowest BCUT2D eigenvalue weighted by Gasteiger charge is -2.33. The Hall–Kier alpha value is -2.47. The molecule has 3 aromatic rings. The van der Waals surface area contributed by atoms with Crippen molar-refractivity contribution in [3.8, 4) is 11.3 Å². The fourth-order valence-corrected chi connectivity index (χ4v) is 3.94. The first-order chi connectivity index (χ1) is 10.8. The average molecular weight is 293 g/mol.